The van der Waals surface area contributed by atoms with Gasteiger partial charge in [-0.15, -0.1) is 11.6 Å². The number of rotatable bonds is 44. The van der Waals surface area contributed by atoms with Crippen molar-refractivity contribution in [1.82, 2.24) is 16.0 Å². The number of carbonyl (C=O) groups excluding carboxylic acids is 7. The third-order valence-corrected chi connectivity index (χ3v) is 17.5. The third kappa shape index (κ3) is 83.4. The molecule has 3 heterocycles. The molecule has 0 spiro atoms. The molecule has 3 rings (SSSR count). The minimum absolute atomic E-state index is 0. The number of nitrogens with zero attached hydrogens (tertiary/aromatic N) is 9. The summed E-state index contributed by atoms with van der Waals surface area (Å²) in [6.45, 7) is 30.6. The predicted molar refractivity (Wildman–Crippen MR) is 429 cm³/mol. The second-order valence-corrected chi connectivity index (χ2v) is 29.9. The Hall–Kier alpha value is -4.54. The summed E-state index contributed by atoms with van der Waals surface area (Å²) in [4.78, 5) is 85.5. The van der Waals surface area contributed by atoms with Crippen molar-refractivity contribution in [2.75, 3.05) is 177 Å². The van der Waals surface area contributed by atoms with Gasteiger partial charge in [-0.3, -0.25) is 52.1 Å². The molecule has 0 aliphatic carbocycles. The molecule has 3 fully saturated rings. The average Bonchev–Trinajstić information content (AvgIpc) is 0.811. The molecule has 3 aliphatic rings. The maximum absolute atomic E-state index is 11.6. The van der Waals surface area contributed by atoms with Gasteiger partial charge in [0.1, 0.15) is 19.8 Å². The van der Waals surface area contributed by atoms with E-state index in [1.54, 1.807) is 0 Å². The van der Waals surface area contributed by atoms with E-state index in [1.165, 1.54) is 53.4 Å². The van der Waals surface area contributed by atoms with E-state index < -0.39 is 89.8 Å². The standard InChI is InChI=1S/C18H32N4O7.C18H34N2O7.C14H23NO6.C6H13ClO3.C6H13N3O3.3CHF3O3S.CH3.N3.Na.H2O.Pd.Sc/c1-12-13(2)17(21-14(3)23)18(29-16(12)11-28-15(4)24)27-10-9-26-8-7-25-6-5-20-22-19;1-12-13(2)17(20-14(3)21)18(27-16(12)11-26-15(4)22)25-10-9-24-8-7-23-6-5-19;1-7-8(2)13(15-9(3)16)14(20-11(5)18)21-12(7)6-19-10(4)17;7-1-3-9-5-6-10-4-2-8;7-9-8-1-3-11-5-6-12-4-2-10;3*2-1(3,4)8(5,6)7;;1-3-2;;;;/h12-13,16-18H,5-11H2,1-4H3,(H,21,23);12-13,16-18H,5-11,19H2,1-4H3,(H,20,21);7-8,12-14H,6H2,1-5H3,(H,15,16);8H,1-6H2;10H,1-6H2;3*(H,5,6,7);1H3;;;1H2;;/q;;;;;;;;2*-1;+1;;;. The number of aliphatic hydroxyl groups is 2. The number of halogens is 10. The van der Waals surface area contributed by atoms with Gasteiger partial charge >= 0.3 is 100 Å². The Morgan fingerprint density at radius 3 is 0.855 bits per heavy atom. The van der Waals surface area contributed by atoms with Crippen molar-refractivity contribution in [2.45, 2.75) is 162 Å². The van der Waals surface area contributed by atoms with Crippen molar-refractivity contribution in [3.8, 4) is 0 Å². The minimum atomic E-state index is -5.84. The van der Waals surface area contributed by atoms with Crippen LogP contribution in [0.25, 0.3) is 36.9 Å². The van der Waals surface area contributed by atoms with Crippen LogP contribution in [-0.4, -0.2) is 346 Å². The molecule has 771 valence electrons. The topological polar surface area (TPSA) is 730 Å². The SMILES string of the molecule is CC(=O)NC1C(OC(C)=O)OC(COC(C)=O)C(C)C1C.CC(=O)NC1C(OCCOCCOCCN)OC(COC(C)=O)C(C)C1C.CC(=O)NC1C(OCCOCCOCCN=[N+]=[N-])OC(COC(C)=O)C(C)C1C.O.O=S(=O)(O)C(F)(F)F.O=S(=O)(O)C(F)(F)F.O=S(=O)(O)C(F)(F)F.OCCOCCOCCCl.[CH3-].[N-]=[N+]=NCCOCCOCCO.[N-]=[N+]=[N-].[Na+].[Pd].[Sc]. The van der Waals surface area contributed by atoms with Gasteiger partial charge in [0.05, 0.1) is 169 Å². The van der Waals surface area contributed by atoms with Crippen LogP contribution in [0.3, 0.4) is 0 Å². The Morgan fingerprint density at radius 1 is 0.420 bits per heavy atom. The van der Waals surface area contributed by atoms with E-state index in [0.29, 0.717) is 131 Å². The first-order chi connectivity index (χ1) is 58.4. The second kappa shape index (κ2) is 87.0. The normalized spacial score (nSPS) is 21.0. The van der Waals surface area contributed by atoms with Gasteiger partial charge < -0.3 is 136 Å². The van der Waals surface area contributed by atoms with Crippen LogP contribution in [0.5, 0.6) is 0 Å². The van der Waals surface area contributed by atoms with Gasteiger partial charge in [-0.05, 0) is 46.6 Å². The van der Waals surface area contributed by atoms with Crippen LogP contribution < -0.4 is 51.2 Å². The molecule has 3 amide bonds. The number of azide groups is 2. The molecule has 0 aromatic heterocycles. The van der Waals surface area contributed by atoms with Crippen LogP contribution in [0.4, 0.5) is 39.5 Å². The van der Waals surface area contributed by atoms with Gasteiger partial charge in [0, 0.05) is 130 Å². The number of alkyl halides is 10. The molecule has 49 nitrogen and oxygen atoms in total. The van der Waals surface area contributed by atoms with Crippen molar-refractivity contribution in [3.05, 3.63) is 44.3 Å². The van der Waals surface area contributed by atoms with Crippen LogP contribution >= 0.6 is 11.6 Å². The van der Waals surface area contributed by atoms with Crippen LogP contribution in [0.1, 0.15) is 90.0 Å². The van der Waals surface area contributed by atoms with E-state index in [9.17, 15) is 73.1 Å². The second-order valence-electron chi connectivity index (χ2n) is 25.3. The summed E-state index contributed by atoms with van der Waals surface area (Å²) in [5.74, 6) is -1.35. The van der Waals surface area contributed by atoms with E-state index in [-0.39, 0.29) is 224 Å². The van der Waals surface area contributed by atoms with Crippen molar-refractivity contribution >= 4 is 83.6 Å². The molecule has 3 aliphatic heterocycles. The van der Waals surface area contributed by atoms with Gasteiger partial charge in [-0.25, -0.2) is 0 Å². The van der Waals surface area contributed by atoms with E-state index in [4.69, 9.17) is 169 Å². The van der Waals surface area contributed by atoms with Gasteiger partial charge in [0.25, 0.3) is 0 Å². The van der Waals surface area contributed by atoms with E-state index in [0.717, 1.165) is 0 Å². The maximum Gasteiger partial charge on any atom is 1.00 e. The molecule has 0 aromatic rings. The van der Waals surface area contributed by atoms with E-state index in [2.05, 4.69) is 36.0 Å². The Labute approximate surface area is 813 Å². The summed E-state index contributed by atoms with van der Waals surface area (Å²) in [6, 6.07) is -1.05. The van der Waals surface area contributed by atoms with Gasteiger partial charge in [-0.2, -0.15) is 64.8 Å². The maximum atomic E-state index is 11.6. The third-order valence-electron chi connectivity index (χ3n) is 15.6. The fourth-order valence-corrected chi connectivity index (χ4v) is 9.32. The quantitative estimate of drug-likeness (QED) is 0.00338. The molecule has 0 aromatic carbocycles. The smallest absolute Gasteiger partial charge is 0.463 e. The first-order valence-electron chi connectivity index (χ1n) is 37.2. The Bertz CT molecular complexity index is 3380. The van der Waals surface area contributed by atoms with Crippen LogP contribution in [0.15, 0.2) is 10.2 Å². The molecule has 1 radical (unpaired) electrons. The van der Waals surface area contributed by atoms with Crippen molar-refractivity contribution in [2.24, 2.45) is 51.5 Å². The summed E-state index contributed by atoms with van der Waals surface area (Å²) in [6.07, 6.45) is -3.22. The van der Waals surface area contributed by atoms with Gasteiger partial charge in [0.15, 0.2) is 12.6 Å². The molecular formula is C66H123ClF9N13NaO36PdS3Sc-. The number of hydrogen-bond donors (Lipinski definition) is 9. The molecule has 131 heavy (non-hydrogen) atoms. The summed E-state index contributed by atoms with van der Waals surface area (Å²) in [7, 11) is -17.5. The largest absolute Gasteiger partial charge is 1.00 e. The molecule has 12 N–H and O–H groups in total. The molecule has 15 unspecified atom stereocenters. The average molecular weight is 2150 g/mol. The fourth-order valence-electron chi connectivity index (χ4n) is 9.21. The molecule has 0 bridgehead atoms. The predicted octanol–water partition coefficient (Wildman–Crippen LogP) is 1.33. The van der Waals surface area contributed by atoms with Crippen LogP contribution in [0, 0.1) is 42.9 Å². The monoisotopic (exact) mass is 2150 g/mol. The molecule has 65 heteroatoms. The number of ether oxygens (including phenoxy) is 17. The summed E-state index contributed by atoms with van der Waals surface area (Å²) in [5, 5.41) is 31.8. The van der Waals surface area contributed by atoms with Gasteiger partial charge in [0.2, 0.25) is 24.0 Å². The fraction of sp³-hybridized carbons (Fsp3) is 0.879. The number of carbonyl (C=O) groups is 7. The number of esters is 4. The summed E-state index contributed by atoms with van der Waals surface area (Å²) in [5.41, 5.74) is 18.3. The summed E-state index contributed by atoms with van der Waals surface area (Å²) < 4.78 is 263. The Balaban J connectivity index is -0.000000145. The Morgan fingerprint density at radius 2 is 0.641 bits per heavy atom. The minimum Gasteiger partial charge on any atom is -0.463 e. The number of nitrogens with two attached hydrogens (primary N) is 1. The van der Waals surface area contributed by atoms with Crippen LogP contribution in [0.2, 0.25) is 0 Å². The molecule has 3 saturated heterocycles. The van der Waals surface area contributed by atoms with E-state index in [1.807, 2.05) is 41.5 Å². The molecule has 15 atom stereocenters. The Kier molecular flexibility index (Phi) is 99.2. The zero-order chi connectivity index (χ0) is 98.5. The van der Waals surface area contributed by atoms with Crippen LogP contribution in [-0.2, 0) is 191 Å². The molecule has 0 saturated carbocycles. The van der Waals surface area contributed by atoms with Gasteiger partial charge in [-0.1, -0.05) is 51.8 Å². The van der Waals surface area contributed by atoms with Crippen molar-refractivity contribution in [3.63, 3.8) is 0 Å². The number of aliphatic hydroxyl groups excluding tert-OH is 2. The van der Waals surface area contributed by atoms with E-state index >= 15 is 0 Å². The zero-order valence-corrected chi connectivity index (χ0v) is 83.3. The first-order valence-corrected chi connectivity index (χ1v) is 42.1. The number of hydrogen-bond acceptors (Lipinski definition) is 35. The molecular weight excluding hydrogens is 2030 g/mol. The first kappa shape index (κ1) is 149. The van der Waals surface area contributed by atoms with Crippen molar-refractivity contribution in [1.29, 1.82) is 0 Å². The van der Waals surface area contributed by atoms with Crippen molar-refractivity contribution < 1.29 is 284 Å². The number of amides is 3. The zero-order valence-electron chi connectivity index (χ0n) is 74.7. The number of nitrogens with one attached hydrogen (secondary N) is 3. The summed E-state index contributed by atoms with van der Waals surface area (Å²) >= 11 is 5.34.